The summed E-state index contributed by atoms with van der Waals surface area (Å²) in [6.45, 7) is 1.74. The van der Waals surface area contributed by atoms with Gasteiger partial charge in [-0.15, -0.1) is 10.2 Å². The molecule has 0 spiro atoms. The highest BCUT2D eigenvalue weighted by Crippen LogP contribution is 2.52. The lowest BCUT2D eigenvalue weighted by Crippen LogP contribution is -2.34. The number of carbonyl (C=O) groups is 1. The summed E-state index contributed by atoms with van der Waals surface area (Å²) in [5.41, 5.74) is -1.02. The van der Waals surface area contributed by atoms with E-state index in [1.165, 1.54) is 91.0 Å². The maximum absolute atomic E-state index is 13.0. The zero-order chi connectivity index (χ0) is 45.3. The smallest absolute Gasteiger partial charge is 0.284 e. The molecule has 1 saturated heterocycles. The van der Waals surface area contributed by atoms with Crippen molar-refractivity contribution in [1.29, 1.82) is 0 Å². The number of nitrogens with zero attached hydrogens (tertiary/aromatic N) is 3. The Morgan fingerprint density at radius 3 is 1.33 bits per heavy atom. The van der Waals surface area contributed by atoms with Gasteiger partial charge in [-0.3, -0.25) is 9.08 Å². The molecule has 2 aliphatic rings. The van der Waals surface area contributed by atoms with Gasteiger partial charge in [0, 0.05) is 16.7 Å². The van der Waals surface area contributed by atoms with Crippen molar-refractivity contribution < 1.29 is 70.2 Å². The first-order valence-corrected chi connectivity index (χ1v) is 18.4. The van der Waals surface area contributed by atoms with E-state index in [9.17, 15) is 65.9 Å². The van der Waals surface area contributed by atoms with Gasteiger partial charge in [0.05, 0.1) is 0 Å². The van der Waals surface area contributed by atoms with Crippen LogP contribution < -0.4 is 10.9 Å². The minimum absolute atomic E-state index is 0.0718. The number of Topliss-reactive ketones (excluding diaryl/α,β-unsaturated/α-hetero) is 1. The molecule has 0 aliphatic carbocycles. The number of hydrazine groups is 1. The van der Waals surface area contributed by atoms with Gasteiger partial charge in [0.25, 0.3) is 5.78 Å². The summed E-state index contributed by atoms with van der Waals surface area (Å²) in [6, 6.07) is 33.8. The van der Waals surface area contributed by atoms with E-state index in [0.717, 1.165) is 29.8 Å². The zero-order valence-electron chi connectivity index (χ0n) is 30.8. The minimum Gasteiger partial charge on any atom is -0.284 e. The molecule has 0 radical (unpaired) electrons. The molecule has 0 amide bonds. The molecule has 2 heterocycles. The first-order chi connectivity index (χ1) is 28.3. The van der Waals surface area contributed by atoms with Gasteiger partial charge >= 0.3 is 40.5 Å². The largest absolute Gasteiger partial charge is 0.454 e. The van der Waals surface area contributed by atoms with Gasteiger partial charge in [-0.05, 0) is 24.6 Å². The average molecular weight is 892 g/mol. The Balaban J connectivity index is 0.000000187. The summed E-state index contributed by atoms with van der Waals surface area (Å²) >= 11 is 0. The Labute approximate surface area is 338 Å². The molecule has 61 heavy (non-hydrogen) atoms. The van der Waals surface area contributed by atoms with Crippen molar-refractivity contribution >= 4 is 21.6 Å². The number of ketones is 1. The summed E-state index contributed by atoms with van der Waals surface area (Å²) in [5.74, 6) is -1.80. The fourth-order valence-electron chi connectivity index (χ4n) is 4.77. The number of halogens is 12. The van der Waals surface area contributed by atoms with Crippen LogP contribution in [-0.2, 0) is 25.7 Å². The third-order valence-electron chi connectivity index (χ3n) is 8.02. The molecule has 324 valence electrons. The fraction of sp³-hybridized carbons (Fsp3) is 0.179. The van der Waals surface area contributed by atoms with Crippen LogP contribution in [0.5, 0.6) is 0 Å². The molecule has 9 nitrogen and oxygen atoms in total. The van der Waals surface area contributed by atoms with Gasteiger partial charge < -0.3 is 0 Å². The number of hydrogen-bond acceptors (Lipinski definition) is 9. The third kappa shape index (κ3) is 12.5. The number of aryl methyl sites for hydroxylation is 1. The summed E-state index contributed by atoms with van der Waals surface area (Å²) in [5, 5.41) is 8.99. The number of rotatable bonds is 7. The van der Waals surface area contributed by atoms with Crippen LogP contribution in [0.3, 0.4) is 0 Å². The zero-order valence-corrected chi connectivity index (χ0v) is 31.6. The van der Waals surface area contributed by atoms with Gasteiger partial charge in [-0.2, -0.15) is 61.1 Å². The second-order valence-electron chi connectivity index (χ2n) is 12.4. The molecule has 0 bridgehead atoms. The molecule has 5 aromatic rings. The van der Waals surface area contributed by atoms with Crippen LogP contribution in [0, 0.1) is 6.92 Å². The van der Waals surface area contributed by atoms with Crippen molar-refractivity contribution in [3.05, 3.63) is 173 Å². The summed E-state index contributed by atoms with van der Waals surface area (Å²) in [7, 11) is -4.43. The molecule has 7 rings (SSSR count). The van der Waals surface area contributed by atoms with Gasteiger partial charge in [0.15, 0.2) is 5.71 Å². The van der Waals surface area contributed by atoms with Crippen LogP contribution in [-0.4, -0.2) is 44.6 Å². The molecule has 0 aromatic heterocycles. The highest BCUT2D eigenvalue weighted by atomic mass is 32.2. The molecule has 0 saturated carbocycles. The predicted octanol–water partition coefficient (Wildman–Crippen LogP) is 10.5. The Morgan fingerprint density at radius 2 is 0.967 bits per heavy atom. The average Bonchev–Trinajstić information content (AvgIpc) is 4.14. The molecule has 5 aromatic carbocycles. The van der Waals surface area contributed by atoms with Crippen LogP contribution in [0.4, 0.5) is 52.7 Å². The Morgan fingerprint density at radius 1 is 0.557 bits per heavy atom. The number of oxime groups is 1. The normalized spacial score (nSPS) is 15.3. The molecular formula is C39H29F12N5O4S. The molecule has 2 aliphatic heterocycles. The second-order valence-corrected chi connectivity index (χ2v) is 14.0. The lowest BCUT2D eigenvalue weighted by molar-refractivity contribution is -0.166. The summed E-state index contributed by atoms with van der Waals surface area (Å²) in [6.07, 6.45) is -18.4. The third-order valence-corrected chi connectivity index (χ3v) is 9.14. The van der Waals surface area contributed by atoms with E-state index in [1.54, 1.807) is 37.3 Å². The molecule has 0 atom stereocenters. The van der Waals surface area contributed by atoms with Crippen LogP contribution in [0.15, 0.2) is 166 Å². The number of benzene rings is 5. The van der Waals surface area contributed by atoms with Crippen molar-refractivity contribution in [2.75, 3.05) is 0 Å². The van der Waals surface area contributed by atoms with E-state index in [-0.39, 0.29) is 27.1 Å². The second kappa shape index (κ2) is 18.6. The highest BCUT2D eigenvalue weighted by Gasteiger charge is 2.66. The molecule has 2 N–H and O–H groups in total. The van der Waals surface area contributed by atoms with Gasteiger partial charge in [-0.25, -0.2) is 10.9 Å². The maximum Gasteiger partial charge on any atom is 0.454 e. The Kier molecular flexibility index (Phi) is 14.5. The van der Waals surface area contributed by atoms with E-state index in [4.69, 9.17) is 0 Å². The fourth-order valence-corrected chi connectivity index (χ4v) is 5.49. The number of carbonyl (C=O) groups excluding carboxylic acids is 1. The molecule has 0 unspecified atom stereocenters. The van der Waals surface area contributed by atoms with Crippen LogP contribution in [0.1, 0.15) is 32.6 Å². The Hall–Kier alpha value is -6.13. The standard InChI is InChI=1S/C15H12F3NO3S.C8H7F3N2.C8H5F3N2.C8H5F3O/c1-11-7-9-13(10-8-11)23(20,21)22-19-14(15(16,17)18)12-5-3-2-4-6-12;2*9-8(10,11)7(12-13-7)6-4-2-1-3-5-6;9-8(10,11)7(12)6-4-2-1-3-5-6/h2-10H,1H3;1-5,12-13H;1-5H;1-5H/b19-14+;;;. The van der Waals surface area contributed by atoms with Crippen molar-refractivity contribution in [3.63, 3.8) is 0 Å². The van der Waals surface area contributed by atoms with Gasteiger partial charge in [-0.1, -0.05) is 144 Å². The quantitative estimate of drug-likeness (QED) is 0.0548. The predicted molar refractivity (Wildman–Crippen MR) is 195 cm³/mol. The SMILES string of the molecule is Cc1ccc(S(=O)(=O)O/N=C(\c2ccccc2)C(F)(F)F)cc1.FC(F)(F)C1(c2ccccc2)N=N1.FC(F)(F)C1(c2ccccc2)NN1.O=C(c1ccccc1)C(F)(F)F. The number of alkyl halides is 12. The number of hydrogen-bond donors (Lipinski definition) is 2. The van der Waals surface area contributed by atoms with E-state index in [0.29, 0.717) is 0 Å². The molecular weight excluding hydrogens is 863 g/mol. The summed E-state index contributed by atoms with van der Waals surface area (Å²) < 4.78 is 177. The molecule has 22 heteroatoms. The van der Waals surface area contributed by atoms with E-state index in [1.807, 2.05) is 0 Å². The minimum atomic E-state index is -4.86. The monoisotopic (exact) mass is 891 g/mol. The van der Waals surface area contributed by atoms with Crippen molar-refractivity contribution in [1.82, 2.24) is 10.9 Å². The van der Waals surface area contributed by atoms with Crippen LogP contribution in [0.25, 0.3) is 0 Å². The van der Waals surface area contributed by atoms with E-state index in [2.05, 4.69) is 30.5 Å². The van der Waals surface area contributed by atoms with Crippen molar-refractivity contribution in [2.45, 2.75) is 47.9 Å². The lowest BCUT2D eigenvalue weighted by atomic mass is 10.0. The number of nitrogens with one attached hydrogen (secondary N) is 2. The summed E-state index contributed by atoms with van der Waals surface area (Å²) in [4.78, 5) is 10.3. The van der Waals surface area contributed by atoms with Crippen molar-refractivity contribution in [2.24, 2.45) is 15.4 Å². The van der Waals surface area contributed by atoms with Gasteiger partial charge in [0.2, 0.25) is 5.66 Å². The van der Waals surface area contributed by atoms with Crippen LogP contribution in [0.2, 0.25) is 0 Å². The first kappa shape index (κ1) is 47.5. The van der Waals surface area contributed by atoms with Crippen LogP contribution >= 0.6 is 0 Å². The maximum atomic E-state index is 13.0. The first-order valence-electron chi connectivity index (χ1n) is 16.9. The Bertz CT molecular complexity index is 2320. The van der Waals surface area contributed by atoms with E-state index >= 15 is 0 Å². The highest BCUT2D eigenvalue weighted by molar-refractivity contribution is 7.86. The van der Waals surface area contributed by atoms with Crippen molar-refractivity contribution in [3.8, 4) is 0 Å². The topological polar surface area (TPSA) is 141 Å². The van der Waals surface area contributed by atoms with E-state index < -0.39 is 57.6 Å². The van der Waals surface area contributed by atoms with Gasteiger partial charge in [0.1, 0.15) is 4.90 Å². The molecule has 1 fully saturated rings. The lowest BCUT2D eigenvalue weighted by Gasteiger charge is -2.15.